The van der Waals surface area contributed by atoms with Gasteiger partial charge in [-0.2, -0.15) is 5.10 Å². The van der Waals surface area contributed by atoms with Crippen LogP contribution in [0.25, 0.3) is 5.69 Å². The van der Waals surface area contributed by atoms with Crippen LogP contribution in [0.5, 0.6) is 11.6 Å². The number of pyridine rings is 1. The number of benzene rings is 2. The van der Waals surface area contributed by atoms with E-state index in [0.29, 0.717) is 28.7 Å². The van der Waals surface area contributed by atoms with E-state index in [1.165, 1.54) is 0 Å². The predicted octanol–water partition coefficient (Wildman–Crippen LogP) is 5.36. The molecular formula is C27H28N6O3. The van der Waals surface area contributed by atoms with Gasteiger partial charge in [-0.05, 0) is 53.9 Å². The number of urea groups is 1. The Bertz CT molecular complexity index is 1370. The molecule has 3 N–H and O–H groups in total. The number of aromatic nitrogens is 3. The summed E-state index contributed by atoms with van der Waals surface area (Å²) in [5.74, 6) is 0.718. The first-order valence-electron chi connectivity index (χ1n) is 11.4. The van der Waals surface area contributed by atoms with Crippen LogP contribution in [0.2, 0.25) is 0 Å². The molecule has 0 fully saturated rings. The van der Waals surface area contributed by atoms with Gasteiger partial charge in [-0.3, -0.25) is 4.79 Å². The maximum Gasteiger partial charge on any atom is 0.323 e. The number of amides is 3. The van der Waals surface area contributed by atoms with Gasteiger partial charge in [0.25, 0.3) is 5.91 Å². The molecule has 2 aromatic carbocycles. The van der Waals surface area contributed by atoms with E-state index in [0.717, 1.165) is 11.3 Å². The Morgan fingerprint density at radius 3 is 2.39 bits per heavy atom. The van der Waals surface area contributed by atoms with Crippen molar-refractivity contribution in [1.82, 2.24) is 20.1 Å². The highest BCUT2D eigenvalue weighted by Gasteiger charge is 2.20. The van der Waals surface area contributed by atoms with Gasteiger partial charge >= 0.3 is 6.03 Å². The SMILES string of the molecule is CNC(=O)c1ccn(-c2ccc(NC(=O)Nc3cccnc3Oc3ccccc3C(C)(C)C)cc2)n1. The van der Waals surface area contributed by atoms with Crippen molar-refractivity contribution in [2.45, 2.75) is 26.2 Å². The number of nitrogens with one attached hydrogen (secondary N) is 3. The monoisotopic (exact) mass is 484 g/mol. The Hall–Kier alpha value is -4.66. The largest absolute Gasteiger partial charge is 0.437 e. The van der Waals surface area contributed by atoms with Gasteiger partial charge in [-0.1, -0.05) is 39.0 Å². The van der Waals surface area contributed by atoms with E-state index < -0.39 is 6.03 Å². The first-order chi connectivity index (χ1) is 17.2. The summed E-state index contributed by atoms with van der Waals surface area (Å²) in [5, 5.41) is 12.4. The molecule has 0 aliphatic rings. The molecule has 0 spiro atoms. The Balaban J connectivity index is 1.44. The Kier molecular flexibility index (Phi) is 7.00. The van der Waals surface area contributed by atoms with E-state index in [4.69, 9.17) is 4.74 Å². The van der Waals surface area contributed by atoms with Crippen LogP contribution in [0.1, 0.15) is 36.8 Å². The molecule has 2 aromatic heterocycles. The fourth-order valence-electron chi connectivity index (χ4n) is 3.55. The molecule has 0 unspecified atom stereocenters. The Morgan fingerprint density at radius 1 is 0.917 bits per heavy atom. The molecule has 9 heteroatoms. The van der Waals surface area contributed by atoms with Gasteiger partial charge in [-0.15, -0.1) is 0 Å². The topological polar surface area (TPSA) is 110 Å². The second-order valence-electron chi connectivity index (χ2n) is 9.06. The van der Waals surface area contributed by atoms with Crippen molar-refractivity contribution in [2.24, 2.45) is 0 Å². The number of hydrogen-bond acceptors (Lipinski definition) is 5. The molecule has 9 nitrogen and oxygen atoms in total. The van der Waals surface area contributed by atoms with Crippen LogP contribution in [0.3, 0.4) is 0 Å². The van der Waals surface area contributed by atoms with E-state index in [1.807, 2.05) is 24.3 Å². The number of ether oxygens (including phenoxy) is 1. The van der Waals surface area contributed by atoms with E-state index in [9.17, 15) is 9.59 Å². The van der Waals surface area contributed by atoms with Crippen molar-refractivity contribution in [1.29, 1.82) is 0 Å². The Morgan fingerprint density at radius 2 is 1.67 bits per heavy atom. The number of carbonyl (C=O) groups is 2. The third kappa shape index (κ3) is 5.69. The lowest BCUT2D eigenvalue weighted by Crippen LogP contribution is -2.20. The molecule has 36 heavy (non-hydrogen) atoms. The lowest BCUT2D eigenvalue weighted by atomic mass is 9.86. The summed E-state index contributed by atoms with van der Waals surface area (Å²) < 4.78 is 7.70. The van der Waals surface area contributed by atoms with Crippen molar-refractivity contribution in [3.05, 3.63) is 90.4 Å². The minimum atomic E-state index is -0.439. The van der Waals surface area contributed by atoms with Crippen molar-refractivity contribution in [3.63, 3.8) is 0 Å². The van der Waals surface area contributed by atoms with Gasteiger partial charge in [-0.25, -0.2) is 14.5 Å². The van der Waals surface area contributed by atoms with Crippen molar-refractivity contribution in [2.75, 3.05) is 17.7 Å². The second kappa shape index (κ2) is 10.3. The molecular weight excluding hydrogens is 456 g/mol. The molecule has 0 saturated heterocycles. The van der Waals surface area contributed by atoms with E-state index in [1.54, 1.807) is 66.6 Å². The van der Waals surface area contributed by atoms with Crippen LogP contribution in [0.15, 0.2) is 79.1 Å². The molecule has 3 amide bonds. The van der Waals surface area contributed by atoms with Crippen LogP contribution in [-0.4, -0.2) is 33.8 Å². The quantitative estimate of drug-likeness (QED) is 0.341. The lowest BCUT2D eigenvalue weighted by molar-refractivity contribution is 0.0957. The zero-order valence-electron chi connectivity index (χ0n) is 20.6. The van der Waals surface area contributed by atoms with E-state index >= 15 is 0 Å². The maximum atomic E-state index is 12.7. The minimum absolute atomic E-state index is 0.122. The normalized spacial score (nSPS) is 11.0. The first-order valence-corrected chi connectivity index (χ1v) is 11.4. The van der Waals surface area contributed by atoms with Gasteiger partial charge < -0.3 is 20.7 Å². The van der Waals surface area contributed by atoms with E-state index in [2.05, 4.69) is 46.8 Å². The first kappa shape index (κ1) is 24.5. The minimum Gasteiger partial charge on any atom is -0.437 e. The molecule has 0 aliphatic carbocycles. The molecule has 0 saturated carbocycles. The molecule has 0 atom stereocenters. The van der Waals surface area contributed by atoms with Gasteiger partial charge in [0.05, 0.1) is 5.69 Å². The number of hydrogen-bond donors (Lipinski definition) is 3. The van der Waals surface area contributed by atoms with Crippen LogP contribution in [-0.2, 0) is 5.41 Å². The summed E-state index contributed by atoms with van der Waals surface area (Å²) in [5.41, 5.74) is 3.00. The lowest BCUT2D eigenvalue weighted by Gasteiger charge is -2.22. The van der Waals surface area contributed by atoms with Crippen LogP contribution in [0.4, 0.5) is 16.2 Å². The summed E-state index contributed by atoms with van der Waals surface area (Å²) >= 11 is 0. The summed E-state index contributed by atoms with van der Waals surface area (Å²) in [7, 11) is 1.55. The predicted molar refractivity (Wildman–Crippen MR) is 139 cm³/mol. The fourth-order valence-corrected chi connectivity index (χ4v) is 3.55. The number of nitrogens with zero attached hydrogens (tertiary/aromatic N) is 3. The number of rotatable bonds is 6. The molecule has 4 rings (SSSR count). The molecule has 0 bridgehead atoms. The molecule has 0 radical (unpaired) electrons. The second-order valence-corrected chi connectivity index (χ2v) is 9.06. The van der Waals surface area contributed by atoms with Crippen LogP contribution < -0.4 is 20.7 Å². The average molecular weight is 485 g/mol. The van der Waals surface area contributed by atoms with E-state index in [-0.39, 0.29) is 11.3 Å². The maximum absolute atomic E-state index is 12.7. The highest BCUT2D eigenvalue weighted by Crippen LogP contribution is 2.35. The number of carbonyl (C=O) groups excluding carboxylic acids is 2. The Labute approximate surface area is 209 Å². The van der Waals surface area contributed by atoms with Gasteiger partial charge in [0.1, 0.15) is 11.4 Å². The zero-order valence-corrected chi connectivity index (χ0v) is 20.6. The average Bonchev–Trinajstić information content (AvgIpc) is 3.35. The summed E-state index contributed by atoms with van der Waals surface area (Å²) in [4.78, 5) is 28.7. The highest BCUT2D eigenvalue weighted by molar-refractivity contribution is 6.00. The molecule has 184 valence electrons. The molecule has 0 aliphatic heterocycles. The third-order valence-corrected chi connectivity index (χ3v) is 5.36. The third-order valence-electron chi connectivity index (χ3n) is 5.36. The smallest absolute Gasteiger partial charge is 0.323 e. The van der Waals surface area contributed by atoms with Crippen molar-refractivity contribution in [3.8, 4) is 17.3 Å². The van der Waals surface area contributed by atoms with Crippen molar-refractivity contribution >= 4 is 23.3 Å². The van der Waals surface area contributed by atoms with Gasteiger partial charge in [0, 0.05) is 30.7 Å². The summed E-state index contributed by atoms with van der Waals surface area (Å²) in [6.45, 7) is 6.33. The van der Waals surface area contributed by atoms with Crippen LogP contribution >= 0.6 is 0 Å². The standard InChI is InChI=1S/C27H28N6O3/c1-27(2,3)20-8-5-6-10-23(20)36-25-22(9-7-16-29-25)31-26(35)30-18-11-13-19(14-12-18)33-17-15-21(32-33)24(34)28-4/h5-17H,1-4H3,(H,28,34)(H2,30,31,35). The summed E-state index contributed by atoms with van der Waals surface area (Å²) in [6.07, 6.45) is 3.31. The molecule has 2 heterocycles. The van der Waals surface area contributed by atoms with Gasteiger partial charge in [0.15, 0.2) is 5.69 Å². The molecule has 4 aromatic rings. The summed E-state index contributed by atoms with van der Waals surface area (Å²) in [6, 6.07) is 19.5. The highest BCUT2D eigenvalue weighted by atomic mass is 16.5. The number of para-hydroxylation sites is 1. The fraction of sp³-hybridized carbons (Fsp3) is 0.185. The van der Waals surface area contributed by atoms with Gasteiger partial charge in [0.2, 0.25) is 5.88 Å². The van der Waals surface area contributed by atoms with Crippen LogP contribution in [0, 0.1) is 0 Å². The zero-order chi connectivity index (χ0) is 25.7. The number of anilines is 2. The van der Waals surface area contributed by atoms with Crippen molar-refractivity contribution < 1.29 is 14.3 Å².